The Morgan fingerprint density at radius 1 is 1.25 bits per heavy atom. The molecule has 0 atom stereocenters. The van der Waals surface area contributed by atoms with Gasteiger partial charge in [-0.25, -0.2) is 14.8 Å². The molecular weight excluding hydrogens is 256 g/mol. The monoisotopic (exact) mass is 272 g/mol. The highest BCUT2D eigenvalue weighted by Crippen LogP contribution is 2.20. The van der Waals surface area contributed by atoms with E-state index in [4.69, 9.17) is 4.74 Å². The predicted octanol–water partition coefficient (Wildman–Crippen LogP) is 2.59. The van der Waals surface area contributed by atoms with Crippen LogP contribution in [-0.4, -0.2) is 35.1 Å². The third kappa shape index (κ3) is 3.68. The Hall–Kier alpha value is -2.63. The third-order valence-corrected chi connectivity index (χ3v) is 2.48. The summed E-state index contributed by atoms with van der Waals surface area (Å²) in [5.41, 5.74) is 1.66. The SMILES string of the molecule is Cc1cc(Nc2cccc(OC(=O)N(C)C)c2)ncn1. The molecule has 0 aliphatic heterocycles. The van der Waals surface area contributed by atoms with Crippen LogP contribution in [0.5, 0.6) is 5.75 Å². The molecule has 6 nitrogen and oxygen atoms in total. The summed E-state index contributed by atoms with van der Waals surface area (Å²) in [5.74, 6) is 1.16. The molecule has 1 aromatic carbocycles. The largest absolute Gasteiger partial charge is 0.414 e. The first-order valence-corrected chi connectivity index (χ1v) is 6.09. The van der Waals surface area contributed by atoms with Crippen molar-refractivity contribution in [3.63, 3.8) is 0 Å². The van der Waals surface area contributed by atoms with Gasteiger partial charge in [0.2, 0.25) is 0 Å². The summed E-state index contributed by atoms with van der Waals surface area (Å²) >= 11 is 0. The van der Waals surface area contributed by atoms with Gasteiger partial charge in [-0.2, -0.15) is 0 Å². The van der Waals surface area contributed by atoms with Gasteiger partial charge in [-0.05, 0) is 19.1 Å². The molecule has 0 aliphatic carbocycles. The van der Waals surface area contributed by atoms with Gasteiger partial charge >= 0.3 is 6.09 Å². The summed E-state index contributed by atoms with van der Waals surface area (Å²) in [5, 5.41) is 3.13. The maximum absolute atomic E-state index is 11.5. The predicted molar refractivity (Wildman–Crippen MR) is 76.2 cm³/mol. The molecule has 2 rings (SSSR count). The number of carbonyl (C=O) groups is 1. The number of carbonyl (C=O) groups excluding carboxylic acids is 1. The zero-order valence-electron chi connectivity index (χ0n) is 11.6. The molecule has 0 radical (unpaired) electrons. The first kappa shape index (κ1) is 13.8. The van der Waals surface area contributed by atoms with E-state index in [0.29, 0.717) is 11.6 Å². The molecule has 0 unspecified atom stereocenters. The fourth-order valence-corrected chi connectivity index (χ4v) is 1.50. The molecule has 0 bridgehead atoms. The number of hydrogen-bond donors (Lipinski definition) is 1. The van der Waals surface area contributed by atoms with Crippen molar-refractivity contribution in [3.05, 3.63) is 42.4 Å². The molecule has 1 heterocycles. The minimum atomic E-state index is -0.417. The molecule has 0 saturated carbocycles. The van der Waals surface area contributed by atoms with E-state index in [0.717, 1.165) is 11.4 Å². The Labute approximate surface area is 117 Å². The molecule has 1 N–H and O–H groups in total. The molecule has 20 heavy (non-hydrogen) atoms. The highest BCUT2D eigenvalue weighted by atomic mass is 16.6. The second kappa shape index (κ2) is 6.01. The highest BCUT2D eigenvalue weighted by Gasteiger charge is 2.07. The van der Waals surface area contributed by atoms with Gasteiger partial charge in [-0.3, -0.25) is 0 Å². The van der Waals surface area contributed by atoms with E-state index in [1.54, 1.807) is 32.3 Å². The summed E-state index contributed by atoms with van der Waals surface area (Å²) in [4.78, 5) is 21.0. The van der Waals surface area contributed by atoms with Gasteiger partial charge in [0.25, 0.3) is 0 Å². The number of nitrogens with zero attached hydrogens (tertiary/aromatic N) is 3. The van der Waals surface area contributed by atoms with Crippen LogP contribution in [0.4, 0.5) is 16.3 Å². The van der Waals surface area contributed by atoms with E-state index in [-0.39, 0.29) is 0 Å². The Morgan fingerprint density at radius 3 is 2.75 bits per heavy atom. The van der Waals surface area contributed by atoms with Crippen LogP contribution in [-0.2, 0) is 0 Å². The molecule has 1 amide bonds. The van der Waals surface area contributed by atoms with Crippen LogP contribution in [0.2, 0.25) is 0 Å². The number of hydrogen-bond acceptors (Lipinski definition) is 5. The van der Waals surface area contributed by atoms with Crippen molar-refractivity contribution in [1.82, 2.24) is 14.9 Å². The molecule has 6 heteroatoms. The number of aromatic nitrogens is 2. The van der Waals surface area contributed by atoms with E-state index in [1.165, 1.54) is 11.2 Å². The molecule has 0 spiro atoms. The van der Waals surface area contributed by atoms with Gasteiger partial charge in [0, 0.05) is 37.6 Å². The molecule has 2 aromatic rings. The summed E-state index contributed by atoms with van der Waals surface area (Å²) in [7, 11) is 3.27. The van der Waals surface area contributed by atoms with Crippen LogP contribution < -0.4 is 10.1 Å². The number of amides is 1. The standard InChI is InChI=1S/C14H16N4O2/c1-10-7-13(16-9-15-10)17-11-5-4-6-12(8-11)20-14(19)18(2)3/h4-9H,1-3H3,(H,15,16,17). The average molecular weight is 272 g/mol. The van der Waals surface area contributed by atoms with Crippen LogP contribution in [0.1, 0.15) is 5.69 Å². The van der Waals surface area contributed by atoms with Crippen molar-refractivity contribution in [2.75, 3.05) is 19.4 Å². The fraction of sp³-hybridized carbons (Fsp3) is 0.214. The van der Waals surface area contributed by atoms with E-state index in [9.17, 15) is 4.79 Å². The number of aryl methyl sites for hydroxylation is 1. The van der Waals surface area contributed by atoms with Crippen molar-refractivity contribution in [1.29, 1.82) is 0 Å². The lowest BCUT2D eigenvalue weighted by molar-refractivity contribution is 0.172. The van der Waals surface area contributed by atoms with Crippen LogP contribution in [0, 0.1) is 6.92 Å². The maximum atomic E-state index is 11.5. The molecule has 0 fully saturated rings. The first-order chi connectivity index (χ1) is 9.54. The molecule has 0 aliphatic rings. The zero-order chi connectivity index (χ0) is 14.5. The third-order valence-electron chi connectivity index (χ3n) is 2.48. The van der Waals surface area contributed by atoms with E-state index in [2.05, 4.69) is 15.3 Å². The Bertz CT molecular complexity index is 614. The number of rotatable bonds is 3. The van der Waals surface area contributed by atoms with Gasteiger partial charge in [0.1, 0.15) is 17.9 Å². The van der Waals surface area contributed by atoms with Crippen LogP contribution in [0.3, 0.4) is 0 Å². The molecular formula is C14H16N4O2. The summed E-state index contributed by atoms with van der Waals surface area (Å²) in [6.45, 7) is 1.89. The van der Waals surface area contributed by atoms with E-state index >= 15 is 0 Å². The zero-order valence-corrected chi connectivity index (χ0v) is 11.6. The second-order valence-corrected chi connectivity index (χ2v) is 4.46. The lowest BCUT2D eigenvalue weighted by Gasteiger charge is -2.12. The lowest BCUT2D eigenvalue weighted by Crippen LogP contribution is -2.25. The molecule has 1 aromatic heterocycles. The number of ether oxygens (including phenoxy) is 1. The van der Waals surface area contributed by atoms with Gasteiger partial charge in [-0.1, -0.05) is 6.07 Å². The van der Waals surface area contributed by atoms with Gasteiger partial charge in [0.05, 0.1) is 0 Å². The quantitative estimate of drug-likeness (QED) is 0.930. The number of anilines is 2. The van der Waals surface area contributed by atoms with Crippen molar-refractivity contribution >= 4 is 17.6 Å². The second-order valence-electron chi connectivity index (χ2n) is 4.46. The topological polar surface area (TPSA) is 67.3 Å². The van der Waals surface area contributed by atoms with E-state index < -0.39 is 6.09 Å². The van der Waals surface area contributed by atoms with E-state index in [1.807, 2.05) is 19.1 Å². The van der Waals surface area contributed by atoms with Crippen molar-refractivity contribution < 1.29 is 9.53 Å². The average Bonchev–Trinajstić information content (AvgIpc) is 2.39. The summed E-state index contributed by atoms with van der Waals surface area (Å²) in [6, 6.07) is 8.95. The summed E-state index contributed by atoms with van der Waals surface area (Å²) < 4.78 is 5.19. The van der Waals surface area contributed by atoms with Crippen LogP contribution in [0.15, 0.2) is 36.7 Å². The maximum Gasteiger partial charge on any atom is 0.414 e. The highest BCUT2D eigenvalue weighted by molar-refractivity contribution is 5.71. The number of nitrogens with one attached hydrogen (secondary N) is 1. The van der Waals surface area contributed by atoms with Crippen molar-refractivity contribution in [3.8, 4) is 5.75 Å². The van der Waals surface area contributed by atoms with Gasteiger partial charge < -0.3 is 15.0 Å². The van der Waals surface area contributed by atoms with Crippen molar-refractivity contribution in [2.24, 2.45) is 0 Å². The fourth-order valence-electron chi connectivity index (χ4n) is 1.50. The lowest BCUT2D eigenvalue weighted by atomic mass is 10.3. The smallest absolute Gasteiger partial charge is 0.410 e. The Morgan fingerprint density at radius 2 is 2.05 bits per heavy atom. The minimum Gasteiger partial charge on any atom is -0.410 e. The molecule has 0 saturated heterocycles. The molecule has 104 valence electrons. The van der Waals surface area contributed by atoms with Crippen molar-refractivity contribution in [2.45, 2.75) is 6.92 Å². The van der Waals surface area contributed by atoms with Gasteiger partial charge in [-0.15, -0.1) is 0 Å². The van der Waals surface area contributed by atoms with Gasteiger partial charge in [0.15, 0.2) is 0 Å². The summed E-state index contributed by atoms with van der Waals surface area (Å²) in [6.07, 6.45) is 1.08. The minimum absolute atomic E-state index is 0.417. The Kier molecular flexibility index (Phi) is 4.14. The first-order valence-electron chi connectivity index (χ1n) is 6.09. The number of benzene rings is 1. The van der Waals surface area contributed by atoms with Crippen LogP contribution >= 0.6 is 0 Å². The normalized spacial score (nSPS) is 9.95. The Balaban J connectivity index is 2.12. The van der Waals surface area contributed by atoms with Crippen LogP contribution in [0.25, 0.3) is 0 Å².